The Labute approximate surface area is 181 Å². The monoisotopic (exact) mass is 443 g/mol. The predicted molar refractivity (Wildman–Crippen MR) is 108 cm³/mol. The molecule has 0 radical (unpaired) electrons. The van der Waals surface area contributed by atoms with Gasteiger partial charge in [0.05, 0.1) is 6.54 Å². The lowest BCUT2D eigenvalue weighted by molar-refractivity contribution is 0.0902. The smallest absolute Gasteiger partial charge is 0.315 e. The number of nitrogens with zero attached hydrogens (tertiary/aromatic N) is 4. The number of hydrogen-bond acceptors (Lipinski definition) is 7. The van der Waals surface area contributed by atoms with Crippen LogP contribution in [0, 0.1) is 0 Å². The Morgan fingerprint density at radius 1 is 0.867 bits per heavy atom. The number of carbonyl (C=O) groups is 1. The van der Waals surface area contributed by atoms with E-state index in [0.717, 1.165) is 5.56 Å². The Balaban J connectivity index is 1.34. The van der Waals surface area contributed by atoms with Crippen LogP contribution in [0.25, 0.3) is 0 Å². The van der Waals surface area contributed by atoms with Gasteiger partial charge < -0.3 is 14.4 Å². The molecular weight excluding hydrogens is 429 g/mol. The van der Waals surface area contributed by atoms with Crippen molar-refractivity contribution in [3.05, 3.63) is 93.1 Å². The van der Waals surface area contributed by atoms with Crippen molar-refractivity contribution in [1.29, 1.82) is 0 Å². The Morgan fingerprint density at radius 3 is 2.33 bits per heavy atom. The zero-order valence-corrected chi connectivity index (χ0v) is 17.0. The zero-order chi connectivity index (χ0) is 20.9. The highest BCUT2D eigenvalue weighted by Crippen LogP contribution is 2.26. The van der Waals surface area contributed by atoms with E-state index in [9.17, 15) is 4.79 Å². The van der Waals surface area contributed by atoms with E-state index in [4.69, 9.17) is 32.2 Å². The van der Waals surface area contributed by atoms with E-state index in [-0.39, 0.29) is 30.6 Å². The van der Waals surface area contributed by atoms with Crippen molar-refractivity contribution in [1.82, 2.24) is 25.6 Å². The van der Waals surface area contributed by atoms with Crippen molar-refractivity contribution in [3.63, 3.8) is 0 Å². The maximum Gasteiger partial charge on any atom is 0.315 e. The molecule has 2 aromatic carbocycles. The normalized spacial score (nSPS) is 10.9. The van der Waals surface area contributed by atoms with Crippen LogP contribution in [0.5, 0.6) is 0 Å². The molecule has 8 nitrogen and oxygen atoms in total. The summed E-state index contributed by atoms with van der Waals surface area (Å²) in [5.41, 5.74) is 1.72. The molecule has 1 N–H and O–H groups in total. The first-order valence-corrected chi connectivity index (χ1v) is 9.73. The number of carbonyl (C=O) groups excluding carboxylic acids is 1. The Hall–Kier alpha value is -3.23. The van der Waals surface area contributed by atoms with Gasteiger partial charge in [0, 0.05) is 22.9 Å². The van der Waals surface area contributed by atoms with E-state index in [1.165, 1.54) is 0 Å². The van der Waals surface area contributed by atoms with E-state index in [1.807, 2.05) is 30.3 Å². The van der Waals surface area contributed by atoms with Crippen LogP contribution in [-0.2, 0) is 19.4 Å². The summed E-state index contributed by atoms with van der Waals surface area (Å²) in [5.74, 6) is 0.358. The van der Waals surface area contributed by atoms with Gasteiger partial charge in [0.15, 0.2) is 11.6 Å². The van der Waals surface area contributed by atoms with Gasteiger partial charge in [-0.15, -0.1) is 0 Å². The van der Waals surface area contributed by atoms with Crippen molar-refractivity contribution in [2.45, 2.75) is 19.4 Å². The first-order valence-electron chi connectivity index (χ1n) is 8.97. The molecule has 1 amide bonds. The van der Waals surface area contributed by atoms with Crippen LogP contribution < -0.4 is 5.32 Å². The summed E-state index contributed by atoms with van der Waals surface area (Å²) >= 11 is 12.3. The predicted octanol–water partition coefficient (Wildman–Crippen LogP) is 3.87. The molecule has 4 rings (SSSR count). The molecule has 0 saturated heterocycles. The van der Waals surface area contributed by atoms with E-state index in [1.54, 1.807) is 18.2 Å². The molecule has 0 aliphatic carbocycles. The maximum atomic E-state index is 12.3. The molecule has 0 bridgehead atoms. The molecule has 4 aromatic rings. The van der Waals surface area contributed by atoms with Crippen LogP contribution >= 0.6 is 23.2 Å². The van der Waals surface area contributed by atoms with Crippen molar-refractivity contribution >= 4 is 29.1 Å². The number of halogens is 2. The third-order valence-corrected chi connectivity index (χ3v) is 4.88. The second-order valence-electron chi connectivity index (χ2n) is 6.34. The SMILES string of the molecule is O=C(NCc1nc(Cc2ccccc2)no1)c1nc(Cc2c(Cl)cccc2Cl)no1. The third kappa shape index (κ3) is 4.84. The largest absolute Gasteiger partial charge is 0.339 e. The minimum atomic E-state index is -0.554. The van der Waals surface area contributed by atoms with Crippen LogP contribution in [0.4, 0.5) is 0 Å². The van der Waals surface area contributed by atoms with Gasteiger partial charge in [-0.2, -0.15) is 9.97 Å². The first kappa shape index (κ1) is 20.1. The fraction of sp³-hybridized carbons (Fsp3) is 0.150. The summed E-state index contributed by atoms with van der Waals surface area (Å²) in [7, 11) is 0. The Bertz CT molecular complexity index is 1140. The highest BCUT2D eigenvalue weighted by Gasteiger charge is 2.18. The highest BCUT2D eigenvalue weighted by molar-refractivity contribution is 6.36. The average Bonchev–Trinajstić information content (AvgIpc) is 3.39. The van der Waals surface area contributed by atoms with E-state index in [2.05, 4.69) is 25.6 Å². The van der Waals surface area contributed by atoms with Crippen molar-refractivity contribution in [3.8, 4) is 0 Å². The molecule has 0 aliphatic heterocycles. The number of amides is 1. The Kier molecular flexibility index (Phi) is 6.06. The van der Waals surface area contributed by atoms with Gasteiger partial charge in [-0.1, -0.05) is 69.9 Å². The molecule has 152 valence electrons. The van der Waals surface area contributed by atoms with Gasteiger partial charge in [0.1, 0.15) is 0 Å². The fourth-order valence-corrected chi connectivity index (χ4v) is 3.25. The second kappa shape index (κ2) is 9.06. The standard InChI is InChI=1S/C20H15Cl2N5O3/c21-14-7-4-8-15(22)13(14)10-17-25-20(30-27-17)19(28)23-11-18-24-16(26-29-18)9-12-5-2-1-3-6-12/h1-8H,9-11H2,(H,23,28). The zero-order valence-electron chi connectivity index (χ0n) is 15.5. The van der Waals surface area contributed by atoms with Gasteiger partial charge in [0.2, 0.25) is 5.89 Å². The van der Waals surface area contributed by atoms with Crippen LogP contribution in [-0.4, -0.2) is 26.2 Å². The minimum absolute atomic E-state index is 0.0364. The van der Waals surface area contributed by atoms with Gasteiger partial charge >= 0.3 is 11.8 Å². The highest BCUT2D eigenvalue weighted by atomic mass is 35.5. The number of hydrogen-bond donors (Lipinski definition) is 1. The quantitative estimate of drug-likeness (QED) is 0.461. The lowest BCUT2D eigenvalue weighted by Crippen LogP contribution is -2.23. The van der Waals surface area contributed by atoms with Gasteiger partial charge in [-0.3, -0.25) is 4.79 Å². The molecule has 2 aromatic heterocycles. The number of benzene rings is 2. The number of rotatable bonds is 7. The summed E-state index contributed by atoms with van der Waals surface area (Å²) in [5, 5.41) is 11.3. The van der Waals surface area contributed by atoms with Crippen molar-refractivity contribution in [2.24, 2.45) is 0 Å². The number of aromatic nitrogens is 4. The molecule has 10 heteroatoms. The average molecular weight is 444 g/mol. The van der Waals surface area contributed by atoms with Crippen molar-refractivity contribution in [2.75, 3.05) is 0 Å². The molecule has 0 fully saturated rings. The summed E-state index contributed by atoms with van der Waals surface area (Å²) < 4.78 is 10.2. The topological polar surface area (TPSA) is 107 Å². The molecule has 0 aliphatic rings. The third-order valence-electron chi connectivity index (χ3n) is 4.17. The summed E-state index contributed by atoms with van der Waals surface area (Å²) in [6, 6.07) is 14.9. The van der Waals surface area contributed by atoms with Gasteiger partial charge in [-0.05, 0) is 23.3 Å². The summed E-state index contributed by atoms with van der Waals surface area (Å²) in [6.45, 7) is 0.0364. The molecule has 0 saturated carbocycles. The molecule has 0 unspecified atom stereocenters. The van der Waals surface area contributed by atoms with E-state index in [0.29, 0.717) is 27.9 Å². The van der Waals surface area contributed by atoms with E-state index >= 15 is 0 Å². The Morgan fingerprint density at radius 2 is 1.57 bits per heavy atom. The van der Waals surface area contributed by atoms with E-state index < -0.39 is 5.91 Å². The van der Waals surface area contributed by atoms with Crippen molar-refractivity contribution < 1.29 is 13.8 Å². The molecule has 30 heavy (non-hydrogen) atoms. The molecular formula is C20H15Cl2N5O3. The van der Waals surface area contributed by atoms with Crippen LogP contribution in [0.3, 0.4) is 0 Å². The second-order valence-corrected chi connectivity index (χ2v) is 7.16. The van der Waals surface area contributed by atoms with Gasteiger partial charge in [0.25, 0.3) is 0 Å². The lowest BCUT2D eigenvalue weighted by Gasteiger charge is -2.03. The number of nitrogens with one attached hydrogen (secondary N) is 1. The van der Waals surface area contributed by atoms with Crippen LogP contribution in [0.2, 0.25) is 10.0 Å². The summed E-state index contributed by atoms with van der Waals surface area (Å²) in [6.07, 6.45) is 0.775. The fourth-order valence-electron chi connectivity index (χ4n) is 2.72. The molecule has 2 heterocycles. The molecule has 0 spiro atoms. The minimum Gasteiger partial charge on any atom is -0.339 e. The first-order chi connectivity index (χ1) is 14.6. The maximum absolute atomic E-state index is 12.3. The lowest BCUT2D eigenvalue weighted by atomic mass is 10.1. The van der Waals surface area contributed by atoms with Crippen LogP contribution in [0.15, 0.2) is 57.6 Å². The molecule has 0 atom stereocenters. The van der Waals surface area contributed by atoms with Gasteiger partial charge in [-0.25, -0.2) is 0 Å². The summed E-state index contributed by atoms with van der Waals surface area (Å²) in [4.78, 5) is 20.6. The van der Waals surface area contributed by atoms with Crippen LogP contribution in [0.1, 0.15) is 39.4 Å².